The molecule has 0 heterocycles. The molecule has 0 bridgehead atoms. The number of hydrogen-bond donors (Lipinski definition) is 2. The lowest BCUT2D eigenvalue weighted by atomic mass is 10.2. The number of nitro benzene ring substituents is 1. The predicted octanol–water partition coefficient (Wildman–Crippen LogP) is 4.68. The third-order valence-electron chi connectivity index (χ3n) is 3.13. The average Bonchev–Trinajstić information content (AvgIpc) is 2.58. The van der Waals surface area contributed by atoms with E-state index in [1.54, 1.807) is 24.3 Å². The van der Waals surface area contributed by atoms with Crippen molar-refractivity contribution in [2.45, 2.75) is 12.7 Å². The summed E-state index contributed by atoms with van der Waals surface area (Å²) in [6.45, 7) is -1.21. The minimum Gasteiger partial charge on any atom is -0.484 e. The summed E-state index contributed by atoms with van der Waals surface area (Å²) >= 11 is 10.9. The largest absolute Gasteiger partial charge is 0.484 e. The Hall–Kier alpha value is -2.59. The van der Waals surface area contributed by atoms with Crippen molar-refractivity contribution in [1.82, 2.24) is 5.32 Å². The Labute approximate surface area is 162 Å². The highest BCUT2D eigenvalue weighted by Crippen LogP contribution is 2.27. The number of nitrogens with one attached hydrogen (secondary N) is 2. The second-order valence-electron chi connectivity index (χ2n) is 5.31. The molecule has 0 saturated carbocycles. The molecule has 0 aliphatic carbocycles. The fourth-order valence-electron chi connectivity index (χ4n) is 1.97. The second kappa shape index (κ2) is 8.87. The zero-order valence-corrected chi connectivity index (χ0v) is 15.1. The Morgan fingerprint density at radius 1 is 1.22 bits per heavy atom. The topological polar surface area (TPSA) is 76.4 Å². The van der Waals surface area contributed by atoms with Crippen LogP contribution in [-0.2, 0) is 6.54 Å². The van der Waals surface area contributed by atoms with Crippen molar-refractivity contribution in [3.8, 4) is 5.75 Å². The third kappa shape index (κ3) is 7.27. The van der Waals surface area contributed by atoms with Gasteiger partial charge in [0.25, 0.3) is 5.69 Å². The molecule has 27 heavy (non-hydrogen) atoms. The Bertz CT molecular complexity index is 832. The van der Waals surface area contributed by atoms with Gasteiger partial charge in [-0.1, -0.05) is 23.7 Å². The minimum atomic E-state index is -4.56. The van der Waals surface area contributed by atoms with Crippen molar-refractivity contribution in [2.24, 2.45) is 0 Å². The Morgan fingerprint density at radius 3 is 2.48 bits per heavy atom. The van der Waals surface area contributed by atoms with Crippen molar-refractivity contribution in [3.05, 3.63) is 63.2 Å². The van der Waals surface area contributed by atoms with Crippen molar-refractivity contribution in [2.75, 3.05) is 11.9 Å². The fourth-order valence-corrected chi connectivity index (χ4v) is 2.29. The fraction of sp³-hybridized carbons (Fsp3) is 0.188. The number of hydrogen-bond acceptors (Lipinski definition) is 4. The van der Waals surface area contributed by atoms with E-state index < -0.39 is 23.4 Å². The molecular weight excluding hydrogens is 407 g/mol. The first kappa shape index (κ1) is 20.7. The molecule has 0 atom stereocenters. The van der Waals surface area contributed by atoms with Crippen LogP contribution in [0.15, 0.2) is 42.5 Å². The molecule has 0 aliphatic rings. The van der Waals surface area contributed by atoms with E-state index in [4.69, 9.17) is 23.8 Å². The van der Waals surface area contributed by atoms with E-state index in [9.17, 15) is 23.3 Å². The summed E-state index contributed by atoms with van der Waals surface area (Å²) in [5, 5.41) is 17.3. The van der Waals surface area contributed by atoms with Crippen LogP contribution in [0.25, 0.3) is 0 Å². The molecule has 0 unspecified atom stereocenters. The summed E-state index contributed by atoms with van der Waals surface area (Å²) in [7, 11) is 0. The van der Waals surface area contributed by atoms with Crippen molar-refractivity contribution >= 4 is 40.3 Å². The number of nitro groups is 1. The summed E-state index contributed by atoms with van der Waals surface area (Å²) in [6.07, 6.45) is -4.56. The number of alkyl halides is 3. The molecule has 0 amide bonds. The molecule has 11 heteroatoms. The number of anilines is 1. The van der Waals surface area contributed by atoms with Crippen LogP contribution in [0.2, 0.25) is 5.02 Å². The quantitative estimate of drug-likeness (QED) is 0.402. The smallest absolute Gasteiger partial charge is 0.422 e. The van der Waals surface area contributed by atoms with Gasteiger partial charge in [-0.15, -0.1) is 0 Å². The molecule has 6 nitrogen and oxygen atoms in total. The maximum atomic E-state index is 12.3. The van der Waals surface area contributed by atoms with Gasteiger partial charge in [-0.05, 0) is 29.9 Å². The van der Waals surface area contributed by atoms with E-state index in [0.717, 1.165) is 17.7 Å². The Morgan fingerprint density at radius 2 is 1.89 bits per heavy atom. The molecule has 144 valence electrons. The molecule has 2 aromatic rings. The van der Waals surface area contributed by atoms with Crippen LogP contribution >= 0.6 is 23.8 Å². The summed E-state index contributed by atoms with van der Waals surface area (Å²) in [5.74, 6) is -0.301. The highest BCUT2D eigenvalue weighted by molar-refractivity contribution is 7.80. The van der Waals surface area contributed by atoms with Gasteiger partial charge in [-0.2, -0.15) is 13.2 Å². The first-order chi connectivity index (χ1) is 12.6. The van der Waals surface area contributed by atoms with Crippen LogP contribution in [0.5, 0.6) is 5.75 Å². The third-order valence-corrected chi connectivity index (χ3v) is 3.63. The lowest BCUT2D eigenvalue weighted by Crippen LogP contribution is -2.28. The molecule has 0 aliphatic heterocycles. The van der Waals surface area contributed by atoms with E-state index >= 15 is 0 Å². The van der Waals surface area contributed by atoms with E-state index in [1.807, 2.05) is 0 Å². The van der Waals surface area contributed by atoms with Crippen LogP contribution in [0.3, 0.4) is 0 Å². The molecule has 2 aromatic carbocycles. The Balaban J connectivity index is 2.04. The molecule has 0 aromatic heterocycles. The first-order valence-electron chi connectivity index (χ1n) is 7.41. The maximum Gasteiger partial charge on any atom is 0.422 e. The van der Waals surface area contributed by atoms with Crippen molar-refractivity contribution in [3.63, 3.8) is 0 Å². The lowest BCUT2D eigenvalue weighted by Gasteiger charge is -2.13. The number of halogens is 4. The Kier molecular flexibility index (Phi) is 6.81. The van der Waals surface area contributed by atoms with Crippen LogP contribution in [0, 0.1) is 10.1 Å². The highest BCUT2D eigenvalue weighted by Gasteiger charge is 2.28. The van der Waals surface area contributed by atoms with Gasteiger partial charge in [0.1, 0.15) is 5.75 Å². The molecule has 0 saturated heterocycles. The van der Waals surface area contributed by atoms with E-state index in [-0.39, 0.29) is 16.5 Å². The zero-order chi connectivity index (χ0) is 20.0. The predicted molar refractivity (Wildman–Crippen MR) is 99.2 cm³/mol. The number of thiocarbonyl (C=S) groups is 1. The summed E-state index contributed by atoms with van der Waals surface area (Å²) in [5.41, 5.74) is 0.574. The maximum absolute atomic E-state index is 12.3. The van der Waals surface area contributed by atoms with Crippen LogP contribution < -0.4 is 15.4 Å². The standard InChI is InChI=1S/C16H13ClF3N3O3S/c17-11-3-1-10(2-4-11)8-21-15(27)22-12-5-13(23(24)25)7-14(6-12)26-9-16(18,19)20/h1-7H,8-9H2,(H2,21,22,27). The van der Waals surface area contributed by atoms with Crippen molar-refractivity contribution < 1.29 is 22.8 Å². The monoisotopic (exact) mass is 419 g/mol. The van der Waals surface area contributed by atoms with E-state index in [1.165, 1.54) is 6.07 Å². The van der Waals surface area contributed by atoms with Gasteiger partial charge in [0.15, 0.2) is 11.7 Å². The van der Waals surface area contributed by atoms with Crippen LogP contribution in [-0.4, -0.2) is 22.8 Å². The summed E-state index contributed by atoms with van der Waals surface area (Å²) < 4.78 is 41.4. The van der Waals surface area contributed by atoms with Crippen molar-refractivity contribution in [1.29, 1.82) is 0 Å². The average molecular weight is 420 g/mol. The molecule has 2 N–H and O–H groups in total. The number of nitrogens with zero attached hydrogens (tertiary/aromatic N) is 1. The zero-order valence-electron chi connectivity index (χ0n) is 13.5. The van der Waals surface area contributed by atoms with Crippen LogP contribution in [0.4, 0.5) is 24.5 Å². The van der Waals surface area contributed by atoms with Crippen LogP contribution in [0.1, 0.15) is 5.56 Å². The number of ether oxygens (including phenoxy) is 1. The molecule has 0 spiro atoms. The van der Waals surface area contributed by atoms with Gasteiger partial charge in [0.2, 0.25) is 0 Å². The van der Waals surface area contributed by atoms with Gasteiger partial charge in [0, 0.05) is 23.7 Å². The number of rotatable bonds is 6. The van der Waals surface area contributed by atoms with E-state index in [0.29, 0.717) is 11.6 Å². The van der Waals surface area contributed by atoms with Gasteiger partial charge in [0.05, 0.1) is 16.7 Å². The molecular formula is C16H13ClF3N3O3S. The molecule has 0 fully saturated rings. The first-order valence-corrected chi connectivity index (χ1v) is 8.19. The minimum absolute atomic E-state index is 0.120. The van der Waals surface area contributed by atoms with Gasteiger partial charge in [-0.3, -0.25) is 10.1 Å². The lowest BCUT2D eigenvalue weighted by molar-refractivity contribution is -0.384. The summed E-state index contributed by atoms with van der Waals surface area (Å²) in [6, 6.07) is 10.2. The van der Waals surface area contributed by atoms with Gasteiger partial charge in [-0.25, -0.2) is 0 Å². The second-order valence-corrected chi connectivity index (χ2v) is 6.16. The van der Waals surface area contributed by atoms with Gasteiger partial charge >= 0.3 is 6.18 Å². The van der Waals surface area contributed by atoms with Gasteiger partial charge < -0.3 is 15.4 Å². The normalized spacial score (nSPS) is 11.0. The van der Waals surface area contributed by atoms with E-state index in [2.05, 4.69) is 15.4 Å². The number of benzene rings is 2. The molecule has 0 radical (unpaired) electrons. The summed E-state index contributed by atoms with van der Waals surface area (Å²) in [4.78, 5) is 10.2. The highest BCUT2D eigenvalue weighted by atomic mass is 35.5. The SMILES string of the molecule is O=[N+]([O-])c1cc(NC(=S)NCc2ccc(Cl)cc2)cc(OCC(F)(F)F)c1. The number of non-ortho nitro benzene ring substituents is 1. The molecule has 2 rings (SSSR count).